The van der Waals surface area contributed by atoms with Crippen LogP contribution in [0.3, 0.4) is 0 Å². The molecule has 0 radical (unpaired) electrons. The van der Waals surface area contributed by atoms with Crippen molar-refractivity contribution in [3.05, 3.63) is 106 Å². The van der Waals surface area contributed by atoms with Crippen LogP contribution in [-0.2, 0) is 6.54 Å². The molecule has 1 aliphatic rings. The molecule has 2 unspecified atom stereocenters. The normalized spacial score (nSPS) is 17.8. The molecule has 5 heteroatoms. The number of guanidine groups is 1. The lowest BCUT2D eigenvalue weighted by atomic mass is 9.93. The molecule has 150 valence electrons. The lowest BCUT2D eigenvalue weighted by Crippen LogP contribution is -2.25. The van der Waals surface area contributed by atoms with E-state index in [4.69, 9.17) is 4.99 Å². The number of nitrogens with zero attached hydrogens (tertiary/aromatic N) is 1. The number of hydrogen-bond donors (Lipinski definition) is 2. The molecule has 2 atom stereocenters. The Kier molecular flexibility index (Phi) is 6.55. The van der Waals surface area contributed by atoms with Crippen molar-refractivity contribution >= 4 is 18.4 Å². The monoisotopic (exact) mass is 409 g/mol. The van der Waals surface area contributed by atoms with Gasteiger partial charge in [-0.25, -0.2) is 9.38 Å². The van der Waals surface area contributed by atoms with Crippen LogP contribution in [0.4, 0.5) is 4.39 Å². The Morgan fingerprint density at radius 2 is 1.31 bits per heavy atom. The molecule has 29 heavy (non-hydrogen) atoms. The van der Waals surface area contributed by atoms with E-state index in [0.717, 1.165) is 11.5 Å². The second kappa shape index (κ2) is 9.10. The highest BCUT2D eigenvalue weighted by Gasteiger charge is 2.32. The Morgan fingerprint density at radius 1 is 0.793 bits per heavy atom. The zero-order chi connectivity index (χ0) is 19.5. The Labute approximate surface area is 177 Å². The minimum atomic E-state index is -0.229. The van der Waals surface area contributed by atoms with E-state index in [-0.39, 0.29) is 30.3 Å². The molecule has 1 heterocycles. The van der Waals surface area contributed by atoms with E-state index in [1.54, 1.807) is 12.1 Å². The van der Waals surface area contributed by atoms with E-state index in [9.17, 15) is 4.39 Å². The van der Waals surface area contributed by atoms with Crippen LogP contribution in [0.15, 0.2) is 77.8 Å². The maximum Gasteiger partial charge on any atom is 0.192 e. The van der Waals surface area contributed by atoms with Gasteiger partial charge >= 0.3 is 0 Å². The van der Waals surface area contributed by atoms with Crippen molar-refractivity contribution in [2.24, 2.45) is 4.99 Å². The second-order valence-corrected chi connectivity index (χ2v) is 7.36. The molecule has 1 aliphatic heterocycles. The Balaban J connectivity index is 0.00000240. The summed E-state index contributed by atoms with van der Waals surface area (Å²) >= 11 is 0. The van der Waals surface area contributed by atoms with Crippen LogP contribution in [0.1, 0.15) is 39.9 Å². The van der Waals surface area contributed by atoms with Gasteiger partial charge in [0.05, 0.1) is 18.6 Å². The topological polar surface area (TPSA) is 36.4 Å². The summed E-state index contributed by atoms with van der Waals surface area (Å²) in [6.07, 6.45) is 0. The van der Waals surface area contributed by atoms with Crippen LogP contribution in [-0.4, -0.2) is 5.96 Å². The lowest BCUT2D eigenvalue weighted by Gasteiger charge is -2.20. The predicted molar refractivity (Wildman–Crippen MR) is 119 cm³/mol. The summed E-state index contributed by atoms with van der Waals surface area (Å²) < 4.78 is 13.1. The minimum Gasteiger partial charge on any atom is -0.347 e. The first-order chi connectivity index (χ1) is 13.6. The second-order valence-electron chi connectivity index (χ2n) is 7.36. The lowest BCUT2D eigenvalue weighted by molar-refractivity contribution is 0.553. The summed E-state index contributed by atoms with van der Waals surface area (Å²) in [5, 5.41) is 7.10. The van der Waals surface area contributed by atoms with E-state index in [1.165, 1.54) is 34.4 Å². The molecule has 3 aromatic rings. The first kappa shape index (κ1) is 20.9. The molecule has 0 aromatic heterocycles. The highest BCUT2D eigenvalue weighted by Crippen LogP contribution is 2.33. The van der Waals surface area contributed by atoms with Crippen LogP contribution < -0.4 is 10.6 Å². The molecule has 0 amide bonds. The fourth-order valence-corrected chi connectivity index (χ4v) is 3.63. The van der Waals surface area contributed by atoms with Crippen molar-refractivity contribution in [2.45, 2.75) is 32.5 Å². The van der Waals surface area contributed by atoms with Crippen LogP contribution in [0.2, 0.25) is 0 Å². The maximum atomic E-state index is 13.1. The van der Waals surface area contributed by atoms with E-state index in [1.807, 2.05) is 0 Å². The SMILES string of the molecule is Cc1cccc(C2NC(=NCc3ccc(F)cc3)NC2c2cccc(C)c2)c1.Cl. The molecule has 3 aromatic carbocycles. The van der Waals surface area contributed by atoms with Crippen molar-refractivity contribution in [3.8, 4) is 0 Å². The number of aliphatic imine (C=N–C) groups is 1. The molecule has 1 fully saturated rings. The molecule has 2 N–H and O–H groups in total. The van der Waals surface area contributed by atoms with Gasteiger partial charge in [0.2, 0.25) is 0 Å². The Bertz CT molecular complexity index is 946. The Morgan fingerprint density at radius 3 is 1.79 bits per heavy atom. The van der Waals surface area contributed by atoms with Gasteiger partial charge in [0.15, 0.2) is 5.96 Å². The first-order valence-corrected chi connectivity index (χ1v) is 9.53. The molecule has 0 saturated carbocycles. The van der Waals surface area contributed by atoms with Crippen molar-refractivity contribution in [1.29, 1.82) is 0 Å². The van der Waals surface area contributed by atoms with Gasteiger partial charge in [-0.2, -0.15) is 0 Å². The zero-order valence-corrected chi connectivity index (χ0v) is 17.3. The van der Waals surface area contributed by atoms with Gasteiger partial charge in [-0.1, -0.05) is 71.8 Å². The van der Waals surface area contributed by atoms with E-state index >= 15 is 0 Å². The molecular weight excluding hydrogens is 385 g/mol. The maximum absolute atomic E-state index is 13.1. The quantitative estimate of drug-likeness (QED) is 0.605. The smallest absolute Gasteiger partial charge is 0.192 e. The van der Waals surface area contributed by atoms with Gasteiger partial charge in [0.25, 0.3) is 0 Å². The third-order valence-electron chi connectivity index (χ3n) is 5.05. The molecule has 1 saturated heterocycles. The third kappa shape index (κ3) is 4.96. The number of halogens is 2. The van der Waals surface area contributed by atoms with Gasteiger partial charge in [-0.3, -0.25) is 0 Å². The third-order valence-corrected chi connectivity index (χ3v) is 5.05. The van der Waals surface area contributed by atoms with Gasteiger partial charge < -0.3 is 10.6 Å². The number of aryl methyl sites for hydroxylation is 2. The largest absolute Gasteiger partial charge is 0.347 e. The fraction of sp³-hybridized carbons (Fsp3) is 0.208. The highest BCUT2D eigenvalue weighted by molar-refractivity contribution is 5.85. The average molecular weight is 410 g/mol. The number of nitrogens with one attached hydrogen (secondary N) is 2. The van der Waals surface area contributed by atoms with Crippen molar-refractivity contribution < 1.29 is 4.39 Å². The van der Waals surface area contributed by atoms with Crippen LogP contribution >= 0.6 is 12.4 Å². The zero-order valence-electron chi connectivity index (χ0n) is 16.5. The van der Waals surface area contributed by atoms with Crippen molar-refractivity contribution in [2.75, 3.05) is 0 Å². The summed E-state index contributed by atoms with van der Waals surface area (Å²) in [5.41, 5.74) is 5.90. The van der Waals surface area contributed by atoms with E-state index < -0.39 is 0 Å². The van der Waals surface area contributed by atoms with Crippen molar-refractivity contribution in [1.82, 2.24) is 10.6 Å². The molecular formula is C24H25ClFN3. The summed E-state index contributed by atoms with van der Waals surface area (Å²) in [7, 11) is 0. The highest BCUT2D eigenvalue weighted by atomic mass is 35.5. The van der Waals surface area contributed by atoms with Gasteiger partial charge in [-0.05, 0) is 42.7 Å². The average Bonchev–Trinajstić information content (AvgIpc) is 3.12. The predicted octanol–water partition coefficient (Wildman–Crippen LogP) is 5.40. The molecule has 0 bridgehead atoms. The minimum absolute atomic E-state index is 0. The Hall–Kier alpha value is -2.85. The number of hydrogen-bond acceptors (Lipinski definition) is 1. The molecule has 3 nitrogen and oxygen atoms in total. The van der Waals surface area contributed by atoms with Crippen LogP contribution in [0.5, 0.6) is 0 Å². The summed E-state index contributed by atoms with van der Waals surface area (Å²) in [6, 6.07) is 23.8. The van der Waals surface area contributed by atoms with Gasteiger partial charge in [-0.15, -0.1) is 12.4 Å². The number of benzene rings is 3. The van der Waals surface area contributed by atoms with Gasteiger partial charge in [0, 0.05) is 0 Å². The van der Waals surface area contributed by atoms with Crippen LogP contribution in [0, 0.1) is 19.7 Å². The van der Waals surface area contributed by atoms with Crippen molar-refractivity contribution in [3.63, 3.8) is 0 Å². The summed E-state index contributed by atoms with van der Waals surface area (Å²) in [5.74, 6) is 0.537. The van der Waals surface area contributed by atoms with E-state index in [2.05, 4.69) is 73.0 Å². The fourth-order valence-electron chi connectivity index (χ4n) is 3.63. The first-order valence-electron chi connectivity index (χ1n) is 9.53. The standard InChI is InChI=1S/C24H24FN3.ClH/c1-16-5-3-7-19(13-16)22-23(20-8-4-6-17(2)14-20)28-24(27-22)26-15-18-9-11-21(25)12-10-18;/h3-14,22-23H,15H2,1-2H3,(H2,26,27,28);1H. The number of rotatable bonds is 4. The molecule has 0 spiro atoms. The van der Waals surface area contributed by atoms with Gasteiger partial charge in [0.1, 0.15) is 5.82 Å². The van der Waals surface area contributed by atoms with Crippen LogP contribution in [0.25, 0.3) is 0 Å². The van der Waals surface area contributed by atoms with E-state index in [0.29, 0.717) is 6.54 Å². The summed E-state index contributed by atoms with van der Waals surface area (Å²) in [6.45, 7) is 4.71. The molecule has 0 aliphatic carbocycles. The molecule has 4 rings (SSSR count). The summed E-state index contributed by atoms with van der Waals surface area (Å²) in [4.78, 5) is 4.69.